The first-order chi connectivity index (χ1) is 18.5. The van der Waals surface area contributed by atoms with Gasteiger partial charge in [-0.1, -0.05) is 23.7 Å². The van der Waals surface area contributed by atoms with Gasteiger partial charge in [-0.2, -0.15) is 0 Å². The minimum absolute atomic E-state index is 0.0243. The molecule has 3 aromatic rings. The second-order valence-corrected chi connectivity index (χ2v) is 8.69. The lowest BCUT2D eigenvalue weighted by atomic mass is 10.1. The molecule has 0 spiro atoms. The Morgan fingerprint density at radius 3 is 2.15 bits per heavy atom. The number of carboxylic acid groups (broad SMARTS) is 1. The number of methoxy groups -OCH3 is 2. The highest BCUT2D eigenvalue weighted by Gasteiger charge is 2.30. The van der Waals surface area contributed by atoms with Crippen LogP contribution in [-0.4, -0.2) is 59.2 Å². The van der Waals surface area contributed by atoms with Crippen LogP contribution in [0.1, 0.15) is 43.6 Å². The van der Waals surface area contributed by atoms with Crippen molar-refractivity contribution in [2.45, 2.75) is 19.5 Å². The quantitative estimate of drug-likeness (QED) is 0.218. The Hall–Kier alpha value is -4.61. The average Bonchev–Trinajstić information content (AvgIpc) is 2.93. The third-order valence-electron chi connectivity index (χ3n) is 5.52. The van der Waals surface area contributed by atoms with Crippen LogP contribution in [0.4, 0.5) is 0 Å². The Bertz CT molecular complexity index is 1390. The van der Waals surface area contributed by atoms with E-state index in [4.69, 9.17) is 21.1 Å². The summed E-state index contributed by atoms with van der Waals surface area (Å²) in [6, 6.07) is 13.1. The Morgan fingerprint density at radius 1 is 0.923 bits per heavy atom. The summed E-state index contributed by atoms with van der Waals surface area (Å²) in [4.78, 5) is 51.0. The molecule has 0 bridgehead atoms. The molecule has 0 heterocycles. The first-order valence-electron chi connectivity index (χ1n) is 11.5. The largest absolute Gasteiger partial charge is 0.508 e. The molecule has 0 saturated carbocycles. The van der Waals surface area contributed by atoms with Crippen LogP contribution in [0.15, 0.2) is 60.7 Å². The Balaban J connectivity index is 1.88. The number of hydrazine groups is 1. The first-order valence-corrected chi connectivity index (χ1v) is 11.9. The number of benzene rings is 3. The number of phenolic OH excluding ortho intramolecular Hbond substituents is 1. The number of imide groups is 1. The van der Waals surface area contributed by atoms with E-state index in [1.165, 1.54) is 69.7 Å². The molecule has 3 amide bonds. The number of carboxylic acids is 1. The van der Waals surface area contributed by atoms with Gasteiger partial charge in [-0.15, -0.1) is 0 Å². The maximum Gasteiger partial charge on any atom is 0.322 e. The summed E-state index contributed by atoms with van der Waals surface area (Å²) in [6.07, 6.45) is 0. The van der Waals surface area contributed by atoms with Gasteiger partial charge in [0.05, 0.1) is 24.8 Å². The van der Waals surface area contributed by atoms with Crippen LogP contribution >= 0.6 is 11.6 Å². The van der Waals surface area contributed by atoms with Crippen LogP contribution < -0.4 is 20.2 Å². The molecular formula is C27H26ClN3O8. The van der Waals surface area contributed by atoms with Crippen LogP contribution in [0.2, 0.25) is 5.02 Å². The van der Waals surface area contributed by atoms with E-state index in [1.807, 2.05) is 0 Å². The maximum atomic E-state index is 13.4. The van der Waals surface area contributed by atoms with Crippen molar-refractivity contribution in [2.75, 3.05) is 14.2 Å². The lowest BCUT2D eigenvalue weighted by Gasteiger charge is -2.25. The molecule has 0 saturated heterocycles. The summed E-state index contributed by atoms with van der Waals surface area (Å²) in [5, 5.41) is 22.0. The zero-order valence-electron chi connectivity index (χ0n) is 21.2. The SMILES string of the molecule is COc1cc(OC)cc(C(=O)N(N[C@@H](C)C(=O)O)C(=O)c2ccc(C(=O)NCc3cccc(O)c3)cc2Cl)c1. The van der Waals surface area contributed by atoms with Gasteiger partial charge in [-0.25, -0.2) is 10.4 Å². The normalized spacial score (nSPS) is 11.3. The van der Waals surface area contributed by atoms with E-state index in [-0.39, 0.29) is 45.5 Å². The fourth-order valence-electron chi connectivity index (χ4n) is 3.42. The first kappa shape index (κ1) is 29.0. The molecule has 0 unspecified atom stereocenters. The van der Waals surface area contributed by atoms with E-state index < -0.39 is 29.7 Å². The number of phenols is 1. The van der Waals surface area contributed by atoms with Gasteiger partial charge < -0.3 is 25.0 Å². The van der Waals surface area contributed by atoms with Gasteiger partial charge in [0.1, 0.15) is 23.3 Å². The van der Waals surface area contributed by atoms with E-state index in [2.05, 4.69) is 10.7 Å². The summed E-state index contributed by atoms with van der Waals surface area (Å²) in [7, 11) is 2.77. The van der Waals surface area contributed by atoms with Gasteiger partial charge in [-0.3, -0.25) is 19.2 Å². The molecule has 0 aliphatic rings. The van der Waals surface area contributed by atoms with Crippen molar-refractivity contribution in [3.05, 3.63) is 87.9 Å². The van der Waals surface area contributed by atoms with Crippen molar-refractivity contribution >= 4 is 35.3 Å². The summed E-state index contributed by atoms with van der Waals surface area (Å²) < 4.78 is 10.4. The van der Waals surface area contributed by atoms with Crippen molar-refractivity contribution in [3.63, 3.8) is 0 Å². The molecule has 3 rings (SSSR count). The second kappa shape index (κ2) is 12.8. The minimum atomic E-state index is -1.33. The van der Waals surface area contributed by atoms with Crippen molar-refractivity contribution < 1.29 is 38.9 Å². The van der Waals surface area contributed by atoms with Crippen molar-refractivity contribution in [2.24, 2.45) is 0 Å². The molecule has 11 nitrogen and oxygen atoms in total. The standard InChI is InChI=1S/C27H26ClN3O8/c1-15(27(36)37)30-31(25(34)18-10-20(38-2)13-21(11-18)39-3)26(35)22-8-7-17(12-23(22)28)24(33)29-14-16-5-4-6-19(32)9-16/h4-13,15,30,32H,14H2,1-3H3,(H,29,33)(H,36,37)/t15-/m0/s1. The fraction of sp³-hybridized carbons (Fsp3) is 0.185. The number of halogens is 1. The number of aromatic hydroxyl groups is 1. The van der Waals surface area contributed by atoms with E-state index in [9.17, 15) is 29.4 Å². The Morgan fingerprint density at radius 2 is 1.59 bits per heavy atom. The van der Waals surface area contributed by atoms with Crippen LogP contribution in [0.25, 0.3) is 0 Å². The number of hydrogen-bond acceptors (Lipinski definition) is 8. The topological polar surface area (TPSA) is 154 Å². The van der Waals surface area contributed by atoms with E-state index in [0.29, 0.717) is 10.6 Å². The molecule has 0 radical (unpaired) electrons. The van der Waals surface area contributed by atoms with Gasteiger partial charge >= 0.3 is 5.97 Å². The highest BCUT2D eigenvalue weighted by Crippen LogP contribution is 2.25. The summed E-state index contributed by atoms with van der Waals surface area (Å²) in [6.45, 7) is 1.39. The van der Waals surface area contributed by atoms with Crippen LogP contribution in [-0.2, 0) is 11.3 Å². The molecule has 0 aromatic heterocycles. The lowest BCUT2D eigenvalue weighted by Crippen LogP contribution is -2.53. The maximum absolute atomic E-state index is 13.4. The highest BCUT2D eigenvalue weighted by atomic mass is 35.5. The number of nitrogens with one attached hydrogen (secondary N) is 2. The van der Waals surface area contributed by atoms with Crippen molar-refractivity contribution in [1.82, 2.24) is 15.8 Å². The number of amides is 3. The number of nitrogens with zero attached hydrogens (tertiary/aromatic N) is 1. The van der Waals surface area contributed by atoms with Gasteiger partial charge in [0.2, 0.25) is 0 Å². The van der Waals surface area contributed by atoms with Crippen molar-refractivity contribution in [3.8, 4) is 17.2 Å². The predicted octanol–water partition coefficient (Wildman–Crippen LogP) is 3.25. The number of carbonyl (C=O) groups excluding carboxylic acids is 3. The van der Waals surface area contributed by atoms with E-state index >= 15 is 0 Å². The molecule has 12 heteroatoms. The number of rotatable bonds is 10. The third-order valence-corrected chi connectivity index (χ3v) is 5.84. The molecule has 204 valence electrons. The van der Waals surface area contributed by atoms with Gasteiger partial charge in [0.15, 0.2) is 0 Å². The molecule has 0 aliphatic carbocycles. The number of aliphatic carboxylic acids is 1. The van der Waals surface area contributed by atoms with Gasteiger partial charge in [-0.05, 0) is 55.0 Å². The molecule has 0 fully saturated rings. The van der Waals surface area contributed by atoms with Gasteiger partial charge in [0.25, 0.3) is 17.7 Å². The number of hydrogen-bond donors (Lipinski definition) is 4. The zero-order chi connectivity index (χ0) is 28.7. The average molecular weight is 556 g/mol. The molecule has 1 atom stereocenters. The van der Waals surface area contributed by atoms with Gasteiger partial charge in [0, 0.05) is 23.7 Å². The Kier molecular flexibility index (Phi) is 9.47. The smallest absolute Gasteiger partial charge is 0.322 e. The van der Waals surface area contributed by atoms with E-state index in [0.717, 1.165) is 0 Å². The predicted molar refractivity (Wildman–Crippen MR) is 141 cm³/mol. The molecule has 39 heavy (non-hydrogen) atoms. The molecule has 3 aromatic carbocycles. The number of ether oxygens (including phenoxy) is 2. The second-order valence-electron chi connectivity index (χ2n) is 8.28. The summed E-state index contributed by atoms with van der Waals surface area (Å²) >= 11 is 6.34. The summed E-state index contributed by atoms with van der Waals surface area (Å²) in [5.74, 6) is -3.04. The zero-order valence-corrected chi connectivity index (χ0v) is 22.0. The lowest BCUT2D eigenvalue weighted by molar-refractivity contribution is -0.139. The molecule has 4 N–H and O–H groups in total. The fourth-order valence-corrected chi connectivity index (χ4v) is 3.68. The molecule has 0 aliphatic heterocycles. The van der Waals surface area contributed by atoms with E-state index in [1.54, 1.807) is 12.1 Å². The van der Waals surface area contributed by atoms with Crippen LogP contribution in [0, 0.1) is 0 Å². The monoisotopic (exact) mass is 555 g/mol. The summed E-state index contributed by atoms with van der Waals surface area (Å²) in [5.41, 5.74) is 3.02. The Labute approximate surface area is 228 Å². The van der Waals surface area contributed by atoms with Crippen molar-refractivity contribution in [1.29, 1.82) is 0 Å². The minimum Gasteiger partial charge on any atom is -0.508 e. The molecular weight excluding hydrogens is 530 g/mol. The van der Waals surface area contributed by atoms with Crippen LogP contribution in [0.5, 0.6) is 17.2 Å². The van der Waals surface area contributed by atoms with Crippen LogP contribution in [0.3, 0.4) is 0 Å². The highest BCUT2D eigenvalue weighted by molar-refractivity contribution is 6.34. The third kappa shape index (κ3) is 7.24. The number of carbonyl (C=O) groups is 4.